The van der Waals surface area contributed by atoms with Gasteiger partial charge in [-0.1, -0.05) is 52.0 Å². The number of ether oxygens (including phenoxy) is 1. The monoisotopic (exact) mass is 506 g/mol. The number of benzene rings is 2. The Balaban J connectivity index is 1.38. The molecule has 3 atom stereocenters. The number of nitrogens with one attached hydrogen (secondary N) is 1. The summed E-state index contributed by atoms with van der Waals surface area (Å²) in [5.74, 6) is 0.756. The molecule has 1 aliphatic heterocycles. The number of hydrogen-bond acceptors (Lipinski definition) is 4. The van der Waals surface area contributed by atoms with Crippen molar-refractivity contribution < 1.29 is 19.4 Å². The highest BCUT2D eigenvalue weighted by Crippen LogP contribution is 2.39. The van der Waals surface area contributed by atoms with Crippen LogP contribution in [-0.2, 0) is 4.79 Å². The Kier molecular flexibility index (Phi) is 8.27. The van der Waals surface area contributed by atoms with Gasteiger partial charge in [0.05, 0.1) is 17.7 Å². The average Bonchev–Trinajstić information content (AvgIpc) is 3.41. The summed E-state index contributed by atoms with van der Waals surface area (Å²) in [7, 11) is 2.04. The van der Waals surface area contributed by atoms with Crippen LogP contribution in [0.3, 0.4) is 0 Å². The van der Waals surface area contributed by atoms with Crippen molar-refractivity contribution in [2.75, 3.05) is 20.1 Å². The molecule has 37 heavy (non-hydrogen) atoms. The molecular formula is C31H42N2O4. The van der Waals surface area contributed by atoms with Crippen molar-refractivity contribution in [3.63, 3.8) is 0 Å². The van der Waals surface area contributed by atoms with E-state index < -0.39 is 5.97 Å². The second kappa shape index (κ2) is 11.3. The van der Waals surface area contributed by atoms with E-state index in [0.717, 1.165) is 55.5 Å². The molecule has 2 aliphatic rings. The first-order valence-corrected chi connectivity index (χ1v) is 13.7. The average molecular weight is 507 g/mol. The Morgan fingerprint density at radius 1 is 1.14 bits per heavy atom. The van der Waals surface area contributed by atoms with Gasteiger partial charge < -0.3 is 15.2 Å². The number of rotatable bonds is 9. The maximum atomic E-state index is 12.7. The van der Waals surface area contributed by atoms with Crippen LogP contribution in [0.15, 0.2) is 42.5 Å². The molecule has 2 N–H and O–H groups in total. The lowest BCUT2D eigenvalue weighted by Gasteiger charge is -2.21. The lowest BCUT2D eigenvalue weighted by atomic mass is 9.90. The van der Waals surface area contributed by atoms with Crippen LogP contribution in [-0.4, -0.2) is 54.2 Å². The van der Waals surface area contributed by atoms with Gasteiger partial charge in [-0.15, -0.1) is 0 Å². The molecular weight excluding hydrogens is 464 g/mol. The Morgan fingerprint density at radius 3 is 2.57 bits per heavy atom. The third kappa shape index (κ3) is 6.53. The van der Waals surface area contributed by atoms with Gasteiger partial charge in [-0.3, -0.25) is 9.69 Å². The standard InChI is InChI=1S/C31H42N2O4/c1-20(2)24-8-6-7-9-25(24)26-17-22(30(35)36)11-13-28(26)37-23-12-10-21(16-23)14-15-32-29(34)27-18-31(3,4)19-33(27)5/h6-9,11,13,17,20-21,23,27H,10,12,14-16,18-19H2,1-5H3,(H,32,34)(H,35,36)/t21?,23-,27+/m1/s1. The van der Waals surface area contributed by atoms with Gasteiger partial charge in [-0.2, -0.15) is 0 Å². The van der Waals surface area contributed by atoms with Crippen molar-refractivity contribution in [3.8, 4) is 16.9 Å². The number of likely N-dealkylation sites (N-methyl/N-ethyl adjacent to an activating group) is 1. The smallest absolute Gasteiger partial charge is 0.335 e. The third-order valence-electron chi connectivity index (χ3n) is 8.00. The van der Waals surface area contributed by atoms with Crippen LogP contribution in [0.1, 0.15) is 81.6 Å². The molecule has 6 heteroatoms. The van der Waals surface area contributed by atoms with E-state index >= 15 is 0 Å². The van der Waals surface area contributed by atoms with E-state index in [4.69, 9.17) is 4.74 Å². The second-order valence-corrected chi connectivity index (χ2v) is 12.1. The zero-order valence-electron chi connectivity index (χ0n) is 22.9. The summed E-state index contributed by atoms with van der Waals surface area (Å²) in [6.07, 6.45) is 4.91. The summed E-state index contributed by atoms with van der Waals surface area (Å²) in [5.41, 5.74) is 3.48. The molecule has 200 valence electrons. The van der Waals surface area contributed by atoms with Crippen molar-refractivity contribution in [2.24, 2.45) is 11.3 Å². The summed E-state index contributed by atoms with van der Waals surface area (Å²) >= 11 is 0. The first-order chi connectivity index (χ1) is 17.5. The molecule has 1 saturated carbocycles. The largest absolute Gasteiger partial charge is 0.490 e. The van der Waals surface area contributed by atoms with Gasteiger partial charge in [0.15, 0.2) is 0 Å². The van der Waals surface area contributed by atoms with E-state index in [9.17, 15) is 14.7 Å². The fourth-order valence-corrected chi connectivity index (χ4v) is 6.14. The molecule has 1 saturated heterocycles. The SMILES string of the molecule is CC(C)c1ccccc1-c1cc(C(=O)O)ccc1O[C@@H]1CCC(CCNC(=O)[C@@H]2CC(C)(C)CN2C)C1. The molecule has 0 bridgehead atoms. The fourth-order valence-electron chi connectivity index (χ4n) is 6.14. The summed E-state index contributed by atoms with van der Waals surface area (Å²) in [5, 5.41) is 12.8. The molecule has 1 heterocycles. The number of hydrogen-bond donors (Lipinski definition) is 2. The molecule has 2 aromatic carbocycles. The Morgan fingerprint density at radius 2 is 1.89 bits per heavy atom. The minimum atomic E-state index is -0.940. The predicted octanol–water partition coefficient (Wildman–Crippen LogP) is 5.96. The normalized spacial score (nSPS) is 23.4. The van der Waals surface area contributed by atoms with Gasteiger partial charge >= 0.3 is 5.97 Å². The van der Waals surface area contributed by atoms with E-state index in [1.807, 2.05) is 31.3 Å². The van der Waals surface area contributed by atoms with Crippen molar-refractivity contribution in [2.45, 2.75) is 77.9 Å². The van der Waals surface area contributed by atoms with Gasteiger partial charge in [0.1, 0.15) is 5.75 Å². The third-order valence-corrected chi connectivity index (χ3v) is 8.00. The summed E-state index contributed by atoms with van der Waals surface area (Å²) < 4.78 is 6.52. The number of carbonyl (C=O) groups is 2. The summed E-state index contributed by atoms with van der Waals surface area (Å²) in [6, 6.07) is 13.3. The maximum absolute atomic E-state index is 12.7. The van der Waals surface area contributed by atoms with Gasteiger partial charge in [-0.25, -0.2) is 4.79 Å². The quantitative estimate of drug-likeness (QED) is 0.439. The Hall–Kier alpha value is -2.86. The minimum Gasteiger partial charge on any atom is -0.490 e. The van der Waals surface area contributed by atoms with E-state index in [1.165, 1.54) is 5.56 Å². The molecule has 4 rings (SSSR count). The van der Waals surface area contributed by atoms with Crippen LogP contribution in [0.25, 0.3) is 11.1 Å². The van der Waals surface area contributed by atoms with Crippen LogP contribution in [0.5, 0.6) is 5.75 Å². The maximum Gasteiger partial charge on any atom is 0.335 e. The van der Waals surface area contributed by atoms with Crippen molar-refractivity contribution >= 4 is 11.9 Å². The van der Waals surface area contributed by atoms with Gasteiger partial charge in [0, 0.05) is 18.7 Å². The van der Waals surface area contributed by atoms with E-state index in [-0.39, 0.29) is 29.0 Å². The Labute approximate surface area is 221 Å². The van der Waals surface area contributed by atoms with Gasteiger partial charge in [0.2, 0.25) is 5.91 Å². The predicted molar refractivity (Wildman–Crippen MR) is 147 cm³/mol. The number of carbonyl (C=O) groups excluding carboxylic acids is 1. The van der Waals surface area contributed by atoms with Crippen LogP contribution >= 0.6 is 0 Å². The molecule has 2 fully saturated rings. The van der Waals surface area contributed by atoms with Crippen LogP contribution in [0.2, 0.25) is 0 Å². The highest BCUT2D eigenvalue weighted by molar-refractivity contribution is 5.91. The first-order valence-electron chi connectivity index (χ1n) is 13.7. The van der Waals surface area contributed by atoms with Crippen LogP contribution < -0.4 is 10.1 Å². The second-order valence-electron chi connectivity index (χ2n) is 12.1. The molecule has 0 aromatic heterocycles. The molecule has 1 aliphatic carbocycles. The van der Waals surface area contributed by atoms with Crippen LogP contribution in [0, 0.1) is 11.3 Å². The molecule has 0 radical (unpaired) electrons. The van der Waals surface area contributed by atoms with Crippen LogP contribution in [0.4, 0.5) is 0 Å². The fraction of sp³-hybridized carbons (Fsp3) is 0.548. The highest BCUT2D eigenvalue weighted by atomic mass is 16.5. The number of carboxylic acid groups (broad SMARTS) is 1. The molecule has 0 spiro atoms. The molecule has 6 nitrogen and oxygen atoms in total. The molecule has 1 unspecified atom stereocenters. The lowest BCUT2D eigenvalue weighted by molar-refractivity contribution is -0.125. The van der Waals surface area contributed by atoms with Crippen molar-refractivity contribution in [1.29, 1.82) is 0 Å². The molecule has 1 amide bonds. The number of likely N-dealkylation sites (tertiary alicyclic amines) is 1. The van der Waals surface area contributed by atoms with E-state index in [1.54, 1.807) is 12.1 Å². The zero-order valence-corrected chi connectivity index (χ0v) is 22.9. The minimum absolute atomic E-state index is 0.0319. The summed E-state index contributed by atoms with van der Waals surface area (Å²) in [4.78, 5) is 26.6. The summed E-state index contributed by atoms with van der Waals surface area (Å²) in [6.45, 7) is 10.4. The zero-order chi connectivity index (χ0) is 26.7. The first kappa shape index (κ1) is 27.2. The topological polar surface area (TPSA) is 78.9 Å². The lowest BCUT2D eigenvalue weighted by Crippen LogP contribution is -2.41. The number of carboxylic acids is 1. The number of amides is 1. The Bertz CT molecular complexity index is 1130. The highest BCUT2D eigenvalue weighted by Gasteiger charge is 2.39. The number of nitrogens with zero attached hydrogens (tertiary/aromatic N) is 1. The van der Waals surface area contributed by atoms with Crippen molar-refractivity contribution in [1.82, 2.24) is 10.2 Å². The van der Waals surface area contributed by atoms with Crippen molar-refractivity contribution in [3.05, 3.63) is 53.6 Å². The van der Waals surface area contributed by atoms with E-state index in [0.29, 0.717) is 18.4 Å². The molecule has 2 aromatic rings. The van der Waals surface area contributed by atoms with E-state index in [2.05, 4.69) is 44.0 Å². The van der Waals surface area contributed by atoms with Gasteiger partial charge in [0.25, 0.3) is 0 Å². The van der Waals surface area contributed by atoms with Gasteiger partial charge in [-0.05, 0) is 85.7 Å². The number of aromatic carboxylic acids is 1.